The molecule has 23 heavy (non-hydrogen) atoms. The van der Waals surface area contributed by atoms with E-state index in [1.165, 1.54) is 10.9 Å². The van der Waals surface area contributed by atoms with Crippen molar-refractivity contribution >= 4 is 0 Å². The number of hydrogen-bond acceptors (Lipinski definition) is 3. The van der Waals surface area contributed by atoms with Crippen LogP contribution in [0, 0.1) is 0 Å². The van der Waals surface area contributed by atoms with Crippen LogP contribution in [0.4, 0.5) is 13.2 Å². The lowest BCUT2D eigenvalue weighted by Crippen LogP contribution is -2.04. The first-order chi connectivity index (χ1) is 10.9. The molecule has 0 aliphatic heterocycles. The molecule has 0 spiro atoms. The number of benzene rings is 1. The van der Waals surface area contributed by atoms with Crippen molar-refractivity contribution in [3.8, 4) is 11.4 Å². The van der Waals surface area contributed by atoms with Crippen molar-refractivity contribution in [2.45, 2.75) is 12.6 Å². The van der Waals surface area contributed by atoms with Crippen molar-refractivity contribution in [3.63, 3.8) is 0 Å². The molecule has 3 aromatic rings. The highest BCUT2D eigenvalue weighted by atomic mass is 19.4. The maximum absolute atomic E-state index is 12.7. The number of aromatic nitrogens is 4. The van der Waals surface area contributed by atoms with Gasteiger partial charge in [-0.1, -0.05) is 24.3 Å². The fraction of sp³-hybridized carbons (Fsp3) is 0.188. The van der Waals surface area contributed by atoms with Crippen LogP contribution in [0.15, 0.2) is 49.1 Å². The average Bonchev–Trinajstić information content (AvgIpc) is 2.91. The molecular weight excluding hydrogens is 305 g/mol. The number of alkyl halides is 3. The van der Waals surface area contributed by atoms with Gasteiger partial charge in [-0.25, -0.2) is 15.0 Å². The van der Waals surface area contributed by atoms with E-state index in [1.54, 1.807) is 25.4 Å². The minimum absolute atomic E-state index is 0.283. The first-order valence-corrected chi connectivity index (χ1v) is 6.88. The number of imidazole rings is 1. The summed E-state index contributed by atoms with van der Waals surface area (Å²) in [7, 11) is 1.55. The predicted molar refractivity (Wildman–Crippen MR) is 78.5 cm³/mol. The van der Waals surface area contributed by atoms with E-state index in [0.29, 0.717) is 12.0 Å². The van der Waals surface area contributed by atoms with Crippen LogP contribution in [0.3, 0.4) is 0 Å². The lowest BCUT2D eigenvalue weighted by Gasteiger charge is -2.04. The maximum Gasteiger partial charge on any atom is 0.434 e. The topological polar surface area (TPSA) is 43.6 Å². The van der Waals surface area contributed by atoms with Gasteiger partial charge in [0.25, 0.3) is 0 Å². The van der Waals surface area contributed by atoms with E-state index in [9.17, 15) is 13.2 Å². The van der Waals surface area contributed by atoms with E-state index in [-0.39, 0.29) is 5.82 Å². The summed E-state index contributed by atoms with van der Waals surface area (Å²) in [6.45, 7) is 0. The number of rotatable bonds is 3. The van der Waals surface area contributed by atoms with Gasteiger partial charge in [0.15, 0.2) is 5.69 Å². The monoisotopic (exact) mass is 318 g/mol. The fourth-order valence-electron chi connectivity index (χ4n) is 2.27. The molecule has 0 amide bonds. The third-order valence-electron chi connectivity index (χ3n) is 3.41. The Balaban J connectivity index is 1.84. The summed E-state index contributed by atoms with van der Waals surface area (Å²) in [5.74, 6) is 0.283. The van der Waals surface area contributed by atoms with Crippen LogP contribution in [0.2, 0.25) is 0 Å². The third kappa shape index (κ3) is 3.39. The van der Waals surface area contributed by atoms with Gasteiger partial charge >= 0.3 is 6.18 Å². The minimum atomic E-state index is -4.44. The Labute approximate surface area is 130 Å². The van der Waals surface area contributed by atoms with Gasteiger partial charge in [-0.05, 0) is 11.6 Å². The van der Waals surface area contributed by atoms with E-state index in [0.717, 1.165) is 17.5 Å². The molecule has 0 aliphatic rings. The van der Waals surface area contributed by atoms with Gasteiger partial charge in [0, 0.05) is 37.1 Å². The second-order valence-corrected chi connectivity index (χ2v) is 5.13. The lowest BCUT2D eigenvalue weighted by molar-refractivity contribution is -0.140. The van der Waals surface area contributed by atoms with Crippen LogP contribution in [0.5, 0.6) is 0 Å². The highest BCUT2D eigenvalue weighted by Gasteiger charge is 2.34. The lowest BCUT2D eigenvalue weighted by atomic mass is 10.1. The van der Waals surface area contributed by atoms with Crippen LogP contribution in [0.1, 0.15) is 17.0 Å². The van der Waals surface area contributed by atoms with Gasteiger partial charge in [0.2, 0.25) is 0 Å². The SMILES string of the molecule is Cn1cc(C(F)(F)F)nc1-c1ccc(Cc2ccncn2)cc1. The van der Waals surface area contributed by atoms with Crippen LogP contribution in [-0.4, -0.2) is 19.5 Å². The number of hydrogen-bond donors (Lipinski definition) is 0. The highest BCUT2D eigenvalue weighted by Crippen LogP contribution is 2.30. The zero-order chi connectivity index (χ0) is 16.4. The smallest absolute Gasteiger partial charge is 0.333 e. The highest BCUT2D eigenvalue weighted by molar-refractivity contribution is 5.56. The van der Waals surface area contributed by atoms with Crippen molar-refractivity contribution in [2.75, 3.05) is 0 Å². The van der Waals surface area contributed by atoms with Gasteiger partial charge in [0.1, 0.15) is 12.2 Å². The maximum atomic E-state index is 12.7. The molecule has 118 valence electrons. The van der Waals surface area contributed by atoms with Gasteiger partial charge < -0.3 is 4.57 Å². The van der Waals surface area contributed by atoms with Crippen molar-refractivity contribution in [2.24, 2.45) is 7.05 Å². The van der Waals surface area contributed by atoms with Crippen molar-refractivity contribution in [3.05, 3.63) is 66.0 Å². The Morgan fingerprint density at radius 3 is 2.39 bits per heavy atom. The van der Waals surface area contributed by atoms with Crippen molar-refractivity contribution in [1.29, 1.82) is 0 Å². The largest absolute Gasteiger partial charge is 0.434 e. The Morgan fingerprint density at radius 2 is 1.83 bits per heavy atom. The summed E-state index contributed by atoms with van der Waals surface area (Å²) in [6.07, 6.45) is 0.337. The zero-order valence-electron chi connectivity index (χ0n) is 12.2. The Kier molecular flexibility index (Phi) is 3.85. The third-order valence-corrected chi connectivity index (χ3v) is 3.41. The van der Waals surface area contributed by atoms with Crippen LogP contribution >= 0.6 is 0 Å². The van der Waals surface area contributed by atoms with Gasteiger partial charge in [0.05, 0.1) is 0 Å². The number of halogens is 3. The van der Waals surface area contributed by atoms with Gasteiger partial charge in [-0.3, -0.25) is 0 Å². The average molecular weight is 318 g/mol. The fourth-order valence-corrected chi connectivity index (χ4v) is 2.27. The molecule has 0 atom stereocenters. The molecule has 0 radical (unpaired) electrons. The molecular formula is C16H13F3N4. The van der Waals surface area contributed by atoms with Gasteiger partial charge in [-0.2, -0.15) is 13.2 Å². The van der Waals surface area contributed by atoms with Crippen LogP contribution in [0.25, 0.3) is 11.4 Å². The first-order valence-electron chi connectivity index (χ1n) is 6.88. The molecule has 3 rings (SSSR count). The van der Waals surface area contributed by atoms with Crippen molar-refractivity contribution in [1.82, 2.24) is 19.5 Å². The Morgan fingerprint density at radius 1 is 1.09 bits per heavy atom. The number of nitrogens with zero attached hydrogens (tertiary/aromatic N) is 4. The summed E-state index contributed by atoms with van der Waals surface area (Å²) < 4.78 is 39.5. The van der Waals surface area contributed by atoms with Crippen LogP contribution in [-0.2, 0) is 19.6 Å². The normalized spacial score (nSPS) is 11.7. The van der Waals surface area contributed by atoms with Crippen molar-refractivity contribution < 1.29 is 13.2 Å². The summed E-state index contributed by atoms with van der Waals surface area (Å²) >= 11 is 0. The standard InChI is InChI=1S/C16H13F3N4/c1-23-9-14(16(17,18)19)22-15(23)12-4-2-11(3-5-12)8-13-6-7-20-10-21-13/h2-7,9-10H,8H2,1H3. The number of aryl methyl sites for hydroxylation is 1. The molecule has 0 saturated carbocycles. The first kappa shape index (κ1) is 15.2. The quantitative estimate of drug-likeness (QED) is 0.742. The van der Waals surface area contributed by atoms with E-state index in [2.05, 4.69) is 15.0 Å². The minimum Gasteiger partial charge on any atom is -0.333 e. The van der Waals surface area contributed by atoms with E-state index in [1.807, 2.05) is 18.2 Å². The summed E-state index contributed by atoms with van der Waals surface area (Å²) in [6, 6.07) is 9.07. The summed E-state index contributed by atoms with van der Waals surface area (Å²) in [4.78, 5) is 11.7. The molecule has 0 unspecified atom stereocenters. The second kappa shape index (κ2) is 5.83. The van der Waals surface area contributed by atoms with E-state index in [4.69, 9.17) is 0 Å². The molecule has 0 aliphatic carbocycles. The van der Waals surface area contributed by atoms with Crippen LogP contribution < -0.4 is 0 Å². The molecule has 0 fully saturated rings. The van der Waals surface area contributed by atoms with E-state index >= 15 is 0 Å². The summed E-state index contributed by atoms with van der Waals surface area (Å²) in [5, 5.41) is 0. The molecule has 0 bridgehead atoms. The molecule has 0 N–H and O–H groups in total. The molecule has 2 heterocycles. The molecule has 4 nitrogen and oxygen atoms in total. The van der Waals surface area contributed by atoms with Gasteiger partial charge in [-0.15, -0.1) is 0 Å². The predicted octanol–water partition coefficient (Wildman–Crippen LogP) is 3.49. The molecule has 2 aromatic heterocycles. The zero-order valence-corrected chi connectivity index (χ0v) is 12.2. The Bertz CT molecular complexity index is 792. The second-order valence-electron chi connectivity index (χ2n) is 5.13. The Hall–Kier alpha value is -2.70. The molecule has 0 saturated heterocycles. The summed E-state index contributed by atoms with van der Waals surface area (Å²) in [5.41, 5.74) is 1.64. The van der Waals surface area contributed by atoms with E-state index < -0.39 is 11.9 Å². The molecule has 7 heteroatoms. The molecule has 1 aromatic carbocycles.